The van der Waals surface area contributed by atoms with Crippen LogP contribution >= 0.6 is 11.8 Å². The number of carbonyl (C=O) groups excluding carboxylic acids is 1. The van der Waals surface area contributed by atoms with E-state index >= 15 is 0 Å². The van der Waals surface area contributed by atoms with E-state index in [1.54, 1.807) is 19.4 Å². The molecule has 28 heavy (non-hydrogen) atoms. The van der Waals surface area contributed by atoms with Gasteiger partial charge in [-0.1, -0.05) is 36.5 Å². The monoisotopic (exact) mass is 395 g/mol. The predicted molar refractivity (Wildman–Crippen MR) is 113 cm³/mol. The topological polar surface area (TPSA) is 72.3 Å². The summed E-state index contributed by atoms with van der Waals surface area (Å²) in [7, 11) is 1.63. The second-order valence-electron chi connectivity index (χ2n) is 5.97. The Hall–Kier alpha value is -3.06. The quantitative estimate of drug-likeness (QED) is 0.422. The van der Waals surface area contributed by atoms with Crippen molar-refractivity contribution in [1.29, 1.82) is 0 Å². The van der Waals surface area contributed by atoms with Gasteiger partial charge >= 0.3 is 0 Å². The van der Waals surface area contributed by atoms with Gasteiger partial charge in [0.05, 0.1) is 18.6 Å². The minimum absolute atomic E-state index is 0.0644. The van der Waals surface area contributed by atoms with Gasteiger partial charge < -0.3 is 14.8 Å². The summed E-state index contributed by atoms with van der Waals surface area (Å²) >= 11 is 1.38. The minimum Gasteiger partial charge on any atom is -0.497 e. The first-order valence-corrected chi connectivity index (χ1v) is 9.61. The van der Waals surface area contributed by atoms with Crippen LogP contribution in [0.1, 0.15) is 11.1 Å². The summed E-state index contributed by atoms with van der Waals surface area (Å²) in [6.07, 6.45) is 3.93. The van der Waals surface area contributed by atoms with Gasteiger partial charge in [-0.3, -0.25) is 4.79 Å². The molecule has 1 unspecified atom stereocenters. The van der Waals surface area contributed by atoms with Crippen molar-refractivity contribution in [3.63, 3.8) is 0 Å². The predicted octanol–water partition coefficient (Wildman–Crippen LogP) is 3.42. The summed E-state index contributed by atoms with van der Waals surface area (Å²) in [5.41, 5.74) is 1.92. The van der Waals surface area contributed by atoms with Crippen molar-refractivity contribution in [2.75, 3.05) is 13.7 Å². The lowest BCUT2D eigenvalue weighted by Gasteiger charge is -2.07. The molecule has 1 atom stereocenters. The highest BCUT2D eigenvalue weighted by molar-refractivity contribution is 8.15. The number of hydrogen-bond acceptors (Lipinski definition) is 6. The Morgan fingerprint density at radius 3 is 2.79 bits per heavy atom. The third-order valence-electron chi connectivity index (χ3n) is 3.94. The molecule has 2 aromatic carbocycles. The van der Waals surface area contributed by atoms with E-state index in [0.29, 0.717) is 18.2 Å². The Morgan fingerprint density at radius 1 is 1.21 bits per heavy atom. The molecular formula is C21H21N3O3S. The van der Waals surface area contributed by atoms with E-state index < -0.39 is 0 Å². The molecule has 1 heterocycles. The summed E-state index contributed by atoms with van der Waals surface area (Å²) in [5, 5.41) is 11.2. The van der Waals surface area contributed by atoms with E-state index in [2.05, 4.69) is 22.1 Å². The first-order chi connectivity index (χ1) is 13.7. The molecule has 1 N–H and O–H groups in total. The van der Waals surface area contributed by atoms with Crippen LogP contribution in [-0.2, 0) is 11.2 Å². The molecule has 0 saturated carbocycles. The Labute approximate surface area is 168 Å². The van der Waals surface area contributed by atoms with E-state index in [-0.39, 0.29) is 11.2 Å². The largest absolute Gasteiger partial charge is 0.497 e. The van der Waals surface area contributed by atoms with Crippen molar-refractivity contribution in [2.24, 2.45) is 10.2 Å². The average molecular weight is 395 g/mol. The number of carbonyl (C=O) groups is 1. The van der Waals surface area contributed by atoms with Crippen LogP contribution in [0, 0.1) is 0 Å². The highest BCUT2D eigenvalue weighted by Gasteiger charge is 2.30. The number of methoxy groups -OCH3 is 1. The molecule has 1 saturated heterocycles. The zero-order valence-corrected chi connectivity index (χ0v) is 16.3. The zero-order valence-electron chi connectivity index (χ0n) is 15.5. The molecule has 0 aliphatic carbocycles. The highest BCUT2D eigenvalue weighted by atomic mass is 32.2. The van der Waals surface area contributed by atoms with Gasteiger partial charge in [0.2, 0.25) is 5.91 Å². The molecule has 7 heteroatoms. The third-order valence-corrected chi connectivity index (χ3v) is 5.01. The van der Waals surface area contributed by atoms with E-state index in [4.69, 9.17) is 9.47 Å². The number of rotatable bonds is 8. The summed E-state index contributed by atoms with van der Waals surface area (Å²) in [6.45, 7) is 4.08. The number of ether oxygens (including phenoxy) is 2. The lowest BCUT2D eigenvalue weighted by molar-refractivity contribution is -0.118. The van der Waals surface area contributed by atoms with Crippen molar-refractivity contribution in [3.05, 3.63) is 72.3 Å². The maximum Gasteiger partial charge on any atom is 0.239 e. The summed E-state index contributed by atoms with van der Waals surface area (Å²) in [4.78, 5) is 12.2. The van der Waals surface area contributed by atoms with Crippen molar-refractivity contribution in [3.8, 4) is 11.5 Å². The van der Waals surface area contributed by atoms with E-state index in [0.717, 1.165) is 22.6 Å². The molecule has 1 amide bonds. The maximum atomic E-state index is 12.2. The second kappa shape index (κ2) is 9.75. The fourth-order valence-corrected chi connectivity index (χ4v) is 3.52. The van der Waals surface area contributed by atoms with Gasteiger partial charge in [-0.15, -0.1) is 5.10 Å². The lowest BCUT2D eigenvalue weighted by Crippen LogP contribution is -2.25. The number of nitrogens with one attached hydrogen (secondary N) is 1. The fourth-order valence-electron chi connectivity index (χ4n) is 2.55. The smallest absolute Gasteiger partial charge is 0.239 e. The average Bonchev–Trinajstić information content (AvgIpc) is 3.06. The molecule has 0 aromatic heterocycles. The van der Waals surface area contributed by atoms with Crippen LogP contribution in [0.25, 0.3) is 0 Å². The first kappa shape index (κ1) is 19.7. The summed E-state index contributed by atoms with van der Waals surface area (Å²) in [5.74, 6) is 1.48. The molecule has 1 aliphatic rings. The molecule has 144 valence electrons. The normalized spacial score (nSPS) is 17.7. The number of benzene rings is 2. The van der Waals surface area contributed by atoms with Gasteiger partial charge in [-0.2, -0.15) is 5.10 Å². The van der Waals surface area contributed by atoms with Crippen LogP contribution in [0.2, 0.25) is 0 Å². The van der Waals surface area contributed by atoms with Crippen molar-refractivity contribution in [2.45, 2.75) is 11.7 Å². The van der Waals surface area contributed by atoms with Crippen LogP contribution in [0.4, 0.5) is 0 Å². The number of amides is 1. The Bertz CT molecular complexity index is 894. The number of nitrogens with zero attached hydrogens (tertiary/aromatic N) is 2. The Morgan fingerprint density at radius 2 is 2.04 bits per heavy atom. The molecule has 2 aromatic rings. The minimum atomic E-state index is -0.234. The third kappa shape index (κ3) is 5.47. The summed E-state index contributed by atoms with van der Waals surface area (Å²) in [6, 6.07) is 15.2. The highest BCUT2D eigenvalue weighted by Crippen LogP contribution is 2.24. The van der Waals surface area contributed by atoms with Crippen molar-refractivity contribution < 1.29 is 14.3 Å². The summed E-state index contributed by atoms with van der Waals surface area (Å²) < 4.78 is 10.7. The van der Waals surface area contributed by atoms with Crippen LogP contribution in [-0.4, -0.2) is 36.3 Å². The number of amidine groups is 1. The Kier molecular flexibility index (Phi) is 6.86. The Balaban J connectivity index is 1.57. The van der Waals surface area contributed by atoms with Crippen LogP contribution in [0.5, 0.6) is 11.5 Å². The van der Waals surface area contributed by atoms with Gasteiger partial charge in [0.1, 0.15) is 18.1 Å². The molecule has 1 aliphatic heterocycles. The molecule has 0 bridgehead atoms. The molecule has 1 fully saturated rings. The number of hydrogen-bond donors (Lipinski definition) is 1. The van der Waals surface area contributed by atoms with Gasteiger partial charge in [0.25, 0.3) is 0 Å². The first-order valence-electron chi connectivity index (χ1n) is 8.73. The molecular weight excluding hydrogens is 374 g/mol. The van der Waals surface area contributed by atoms with Gasteiger partial charge in [0, 0.05) is 0 Å². The van der Waals surface area contributed by atoms with Crippen molar-refractivity contribution in [1.82, 2.24) is 5.32 Å². The second-order valence-corrected chi connectivity index (χ2v) is 7.16. The lowest BCUT2D eigenvalue weighted by atomic mass is 10.1. The van der Waals surface area contributed by atoms with Crippen LogP contribution in [0.15, 0.2) is 71.4 Å². The van der Waals surface area contributed by atoms with Gasteiger partial charge in [0.15, 0.2) is 5.17 Å². The SMILES string of the molecule is C=CCOc1ccc(C=N/N=C2/NC(=O)C(Cc3cccc(OC)c3)S2)cc1. The molecule has 0 radical (unpaired) electrons. The molecule has 0 spiro atoms. The zero-order chi connectivity index (χ0) is 19.8. The molecule has 6 nitrogen and oxygen atoms in total. The number of thioether (sulfide) groups is 1. The van der Waals surface area contributed by atoms with Crippen LogP contribution < -0.4 is 14.8 Å². The van der Waals surface area contributed by atoms with E-state index in [1.807, 2.05) is 48.5 Å². The molecule has 3 rings (SSSR count). The standard InChI is InChI=1S/C21H21N3O3S/c1-3-11-27-17-9-7-15(8-10-17)14-22-24-21-23-20(25)19(28-21)13-16-5-4-6-18(12-16)26-2/h3-10,12,14,19H,1,11,13H2,2H3,(H,23,24,25). The van der Waals surface area contributed by atoms with Gasteiger partial charge in [-0.05, 0) is 53.9 Å². The van der Waals surface area contributed by atoms with E-state index in [9.17, 15) is 4.79 Å². The van der Waals surface area contributed by atoms with Crippen LogP contribution in [0.3, 0.4) is 0 Å². The maximum absolute atomic E-state index is 12.2. The van der Waals surface area contributed by atoms with Gasteiger partial charge in [-0.25, -0.2) is 0 Å². The van der Waals surface area contributed by atoms with Crippen molar-refractivity contribution >= 4 is 29.1 Å². The fraction of sp³-hybridized carbons (Fsp3) is 0.190. The van der Waals surface area contributed by atoms with E-state index in [1.165, 1.54) is 11.8 Å².